The minimum atomic E-state index is 0.668. The molecule has 0 spiro atoms. The summed E-state index contributed by atoms with van der Waals surface area (Å²) >= 11 is 0. The quantitative estimate of drug-likeness (QED) is 0.145. The standard InChI is InChI=1S/C54H35N3.C44H28N4/c1-4-14-40(15-5-1)55-49-22-12-10-20-43(49)45-32-36(24-28-51(45)55)38-26-30-53-47(34-38)48-35-39(27-31-54(48)57(53)42-18-8-3-9-19-42)37-25-29-52-46(33-37)44-21-11-13-23-50(44)56(52)41-16-6-2-7-17-41;1-3-13-29(14-4-1)43-35-19-7-10-20-38(35)45-44(46-43)48-40-22-12-9-18-34(40)37-28-31(24-26-42(37)48)30-23-25-41-36(27-30)33-17-8-11-21-39(33)47(41)32-15-5-2-6-16-32/h1-35H;1-28H. The van der Waals surface area contributed by atoms with Crippen LogP contribution in [0.1, 0.15) is 0 Å². The first-order chi connectivity index (χ1) is 52.1. The van der Waals surface area contributed by atoms with Crippen LogP contribution in [-0.2, 0) is 0 Å². The van der Waals surface area contributed by atoms with Crippen LogP contribution in [0.5, 0.6) is 0 Å². The molecular weight excluding hydrogens is 1280 g/mol. The zero-order valence-electron chi connectivity index (χ0n) is 57.0. The van der Waals surface area contributed by atoms with Gasteiger partial charge in [0.1, 0.15) is 0 Å². The Hall–Kier alpha value is -14.1. The van der Waals surface area contributed by atoms with E-state index in [0.29, 0.717) is 5.95 Å². The molecule has 0 saturated heterocycles. The van der Waals surface area contributed by atoms with Crippen molar-refractivity contribution in [3.05, 3.63) is 382 Å². The number of nitrogens with zero attached hydrogens (tertiary/aromatic N) is 7. The molecule has 0 saturated carbocycles. The van der Waals surface area contributed by atoms with Crippen molar-refractivity contribution in [2.24, 2.45) is 0 Å². The van der Waals surface area contributed by atoms with Gasteiger partial charge in [-0.05, 0) is 185 Å². The lowest BCUT2D eigenvalue weighted by molar-refractivity contribution is 1.01. The molecule has 7 nitrogen and oxygen atoms in total. The van der Waals surface area contributed by atoms with Crippen molar-refractivity contribution in [2.75, 3.05) is 0 Å². The second kappa shape index (κ2) is 24.3. The van der Waals surface area contributed by atoms with Gasteiger partial charge in [0.05, 0.1) is 66.4 Å². The monoisotopic (exact) mass is 1340 g/mol. The summed E-state index contributed by atoms with van der Waals surface area (Å²) in [6, 6.07) is 138. The van der Waals surface area contributed by atoms with E-state index >= 15 is 0 Å². The van der Waals surface area contributed by atoms with E-state index in [2.05, 4.69) is 393 Å². The second-order valence-electron chi connectivity index (χ2n) is 27.2. The van der Waals surface area contributed by atoms with Crippen molar-refractivity contribution < 1.29 is 0 Å². The van der Waals surface area contributed by atoms with E-state index in [1.54, 1.807) is 0 Å². The lowest BCUT2D eigenvalue weighted by Crippen LogP contribution is -2.03. The SMILES string of the molecule is c1ccc(-c2nc(-n3c4ccccc4c4cc(-c5ccc6c(c5)c5ccccc5n6-c5ccccc5)ccc43)nc3ccccc23)cc1.c1ccc(-n2c3ccccc3c3cc(-c4ccc5c(c4)c4cc(-c6ccc7c(c6)c6ccccc6n7-c6ccccc6)ccc4n5-c4ccccc4)ccc32)cc1. The molecule has 6 heterocycles. The van der Waals surface area contributed by atoms with E-state index in [4.69, 9.17) is 9.97 Å². The van der Waals surface area contributed by atoms with E-state index in [0.717, 1.165) is 44.6 Å². The summed E-state index contributed by atoms with van der Waals surface area (Å²) in [6.45, 7) is 0. The molecule has 0 unspecified atom stereocenters. The van der Waals surface area contributed by atoms with Gasteiger partial charge in [0, 0.05) is 87.6 Å². The number of fused-ring (bicyclic) bond motifs is 16. The summed E-state index contributed by atoms with van der Waals surface area (Å²) in [5.41, 5.74) is 26.6. The predicted octanol–water partition coefficient (Wildman–Crippen LogP) is 25.5. The Bertz CT molecular complexity index is 6970. The minimum absolute atomic E-state index is 0.668. The predicted molar refractivity (Wildman–Crippen MR) is 439 cm³/mol. The fraction of sp³-hybridized carbons (Fsp3) is 0. The van der Waals surface area contributed by atoms with Crippen LogP contribution in [0.4, 0.5) is 0 Å². The number of para-hydroxylation sites is 9. The van der Waals surface area contributed by atoms with E-state index in [1.807, 2.05) is 12.1 Å². The summed E-state index contributed by atoms with van der Waals surface area (Å²) in [6.07, 6.45) is 0. The first-order valence-corrected chi connectivity index (χ1v) is 35.9. The molecule has 0 bridgehead atoms. The Kier molecular flexibility index (Phi) is 13.8. The lowest BCUT2D eigenvalue weighted by Gasteiger charge is -2.12. The Morgan fingerprint density at radius 2 is 0.381 bits per heavy atom. The smallest absolute Gasteiger partial charge is 0.235 e. The average molecular weight is 1340 g/mol. The van der Waals surface area contributed by atoms with Gasteiger partial charge < -0.3 is 18.3 Å². The van der Waals surface area contributed by atoms with Crippen LogP contribution in [0.15, 0.2) is 382 Å². The largest absolute Gasteiger partial charge is 0.309 e. The molecule has 22 aromatic rings. The van der Waals surface area contributed by atoms with Crippen molar-refractivity contribution in [1.29, 1.82) is 0 Å². The van der Waals surface area contributed by atoms with Crippen LogP contribution in [0.3, 0.4) is 0 Å². The van der Waals surface area contributed by atoms with Crippen LogP contribution < -0.4 is 0 Å². The number of benzene rings is 16. The van der Waals surface area contributed by atoms with E-state index < -0.39 is 0 Å². The first kappa shape index (κ1) is 59.7. The van der Waals surface area contributed by atoms with Crippen molar-refractivity contribution in [2.45, 2.75) is 0 Å². The summed E-state index contributed by atoms with van der Waals surface area (Å²) in [7, 11) is 0. The maximum atomic E-state index is 5.23. The number of rotatable bonds is 9. The molecule has 22 rings (SSSR count). The fourth-order valence-electron chi connectivity index (χ4n) is 16.6. The average Bonchev–Trinajstić information content (AvgIpc) is 1.61. The maximum Gasteiger partial charge on any atom is 0.235 e. The van der Waals surface area contributed by atoms with Crippen LogP contribution in [0, 0.1) is 0 Å². The van der Waals surface area contributed by atoms with Gasteiger partial charge in [-0.3, -0.25) is 4.57 Å². The highest BCUT2D eigenvalue weighted by atomic mass is 15.2. The molecule has 0 N–H and O–H groups in total. The van der Waals surface area contributed by atoms with Crippen LogP contribution in [-0.4, -0.2) is 32.8 Å². The van der Waals surface area contributed by atoms with Gasteiger partial charge in [-0.25, -0.2) is 9.97 Å². The van der Waals surface area contributed by atoms with E-state index in [9.17, 15) is 0 Å². The zero-order chi connectivity index (χ0) is 69.1. The van der Waals surface area contributed by atoms with E-state index in [1.165, 1.54) is 143 Å². The summed E-state index contributed by atoms with van der Waals surface area (Å²) in [5, 5.41) is 13.4. The van der Waals surface area contributed by atoms with Crippen LogP contribution in [0.25, 0.3) is 193 Å². The summed E-state index contributed by atoms with van der Waals surface area (Å²) in [5.74, 6) is 0.668. The third-order valence-electron chi connectivity index (χ3n) is 21.4. The number of hydrogen-bond donors (Lipinski definition) is 0. The Labute approximate surface area is 604 Å². The van der Waals surface area contributed by atoms with Crippen LogP contribution in [0.2, 0.25) is 0 Å². The summed E-state index contributed by atoms with van der Waals surface area (Å²) in [4.78, 5) is 10.4. The maximum absolute atomic E-state index is 5.23. The molecule has 6 aromatic heterocycles. The second-order valence-corrected chi connectivity index (χ2v) is 27.2. The molecule has 0 fully saturated rings. The van der Waals surface area contributed by atoms with Crippen molar-refractivity contribution in [3.8, 4) is 73.3 Å². The van der Waals surface area contributed by atoms with Gasteiger partial charge in [0.15, 0.2) is 0 Å². The molecule has 0 amide bonds. The highest BCUT2D eigenvalue weighted by Crippen LogP contribution is 2.44. The minimum Gasteiger partial charge on any atom is -0.309 e. The van der Waals surface area contributed by atoms with Gasteiger partial charge in [-0.15, -0.1) is 0 Å². The van der Waals surface area contributed by atoms with Crippen molar-refractivity contribution in [3.63, 3.8) is 0 Å². The number of hydrogen-bond acceptors (Lipinski definition) is 2. The lowest BCUT2D eigenvalue weighted by atomic mass is 9.98. The molecule has 490 valence electrons. The zero-order valence-corrected chi connectivity index (χ0v) is 57.0. The van der Waals surface area contributed by atoms with Crippen molar-refractivity contribution >= 4 is 120 Å². The molecule has 0 radical (unpaired) electrons. The molecule has 16 aromatic carbocycles. The molecule has 105 heavy (non-hydrogen) atoms. The molecule has 0 aliphatic rings. The normalized spacial score (nSPS) is 11.8. The first-order valence-electron chi connectivity index (χ1n) is 35.9. The Morgan fingerprint density at radius 3 is 0.695 bits per heavy atom. The number of aromatic nitrogens is 7. The molecule has 7 heteroatoms. The van der Waals surface area contributed by atoms with Gasteiger partial charge in [0.25, 0.3) is 0 Å². The van der Waals surface area contributed by atoms with Crippen molar-refractivity contribution in [1.82, 2.24) is 32.8 Å². The van der Waals surface area contributed by atoms with Crippen LogP contribution >= 0.6 is 0 Å². The molecular formula is C98H63N7. The fourth-order valence-corrected chi connectivity index (χ4v) is 16.6. The molecule has 0 aliphatic heterocycles. The van der Waals surface area contributed by atoms with Gasteiger partial charge in [-0.2, -0.15) is 0 Å². The summed E-state index contributed by atoms with van der Waals surface area (Å²) < 4.78 is 11.7. The molecule has 0 atom stereocenters. The third kappa shape index (κ3) is 9.74. The highest BCUT2D eigenvalue weighted by molar-refractivity contribution is 6.16. The third-order valence-corrected chi connectivity index (χ3v) is 21.4. The van der Waals surface area contributed by atoms with Gasteiger partial charge in [-0.1, -0.05) is 231 Å². The Balaban J connectivity index is 0.000000137. The van der Waals surface area contributed by atoms with E-state index in [-0.39, 0.29) is 0 Å². The Morgan fingerprint density at radius 1 is 0.152 bits per heavy atom. The highest BCUT2D eigenvalue weighted by Gasteiger charge is 2.22. The molecule has 0 aliphatic carbocycles. The topological polar surface area (TPSA) is 50.4 Å². The van der Waals surface area contributed by atoms with Gasteiger partial charge in [0.2, 0.25) is 5.95 Å². The van der Waals surface area contributed by atoms with Gasteiger partial charge >= 0.3 is 0 Å².